The first-order valence-electron chi connectivity index (χ1n) is 10.2. The highest BCUT2D eigenvalue weighted by Crippen LogP contribution is 2.56. The molecule has 4 heterocycles. The maximum absolute atomic E-state index is 5.64. The Hall–Kier alpha value is -3.16. The molecule has 0 saturated heterocycles. The maximum atomic E-state index is 5.64. The summed E-state index contributed by atoms with van der Waals surface area (Å²) in [4.78, 5) is 13.3. The lowest BCUT2D eigenvalue weighted by Crippen LogP contribution is -2.28. The molecular formula is C21H23N7O. The lowest BCUT2D eigenvalue weighted by Gasteiger charge is -2.29. The van der Waals surface area contributed by atoms with Crippen LogP contribution in [0.1, 0.15) is 38.5 Å². The number of anilines is 1. The van der Waals surface area contributed by atoms with E-state index in [0.29, 0.717) is 29.1 Å². The normalized spacial score (nSPS) is 18.5. The van der Waals surface area contributed by atoms with E-state index in [4.69, 9.17) is 9.84 Å². The molecule has 2 aliphatic carbocycles. The van der Waals surface area contributed by atoms with Crippen LogP contribution >= 0.6 is 0 Å². The van der Waals surface area contributed by atoms with Crippen molar-refractivity contribution in [2.75, 3.05) is 12.4 Å². The van der Waals surface area contributed by atoms with Crippen LogP contribution in [0.15, 0.2) is 37.1 Å². The fourth-order valence-corrected chi connectivity index (χ4v) is 4.62. The number of hydrogen-bond donors (Lipinski definition) is 1. The summed E-state index contributed by atoms with van der Waals surface area (Å²) < 4.78 is 9.38. The van der Waals surface area contributed by atoms with Crippen LogP contribution in [0.25, 0.3) is 22.4 Å². The quantitative estimate of drug-likeness (QED) is 0.574. The van der Waals surface area contributed by atoms with Crippen molar-refractivity contribution in [2.45, 2.75) is 44.6 Å². The predicted octanol–water partition coefficient (Wildman–Crippen LogP) is 3.58. The second-order valence-electron chi connectivity index (χ2n) is 8.36. The number of nitrogens with one attached hydrogen (secondary N) is 1. The van der Waals surface area contributed by atoms with E-state index in [0.717, 1.165) is 16.6 Å². The first kappa shape index (κ1) is 16.8. The van der Waals surface area contributed by atoms with Gasteiger partial charge in [0.15, 0.2) is 0 Å². The molecule has 0 atom stereocenters. The van der Waals surface area contributed by atoms with Crippen molar-refractivity contribution in [3.05, 3.63) is 37.1 Å². The van der Waals surface area contributed by atoms with Gasteiger partial charge in [-0.3, -0.25) is 4.40 Å². The summed E-state index contributed by atoms with van der Waals surface area (Å²) in [6.45, 7) is 0. The lowest BCUT2D eigenvalue weighted by atomic mass is 9.83. The Kier molecular flexibility index (Phi) is 3.57. The summed E-state index contributed by atoms with van der Waals surface area (Å²) in [6.07, 6.45) is 17.3. The zero-order valence-corrected chi connectivity index (χ0v) is 16.4. The highest BCUT2D eigenvalue weighted by molar-refractivity contribution is 5.84. The minimum absolute atomic E-state index is 0.436. The minimum atomic E-state index is 0.436. The fourth-order valence-electron chi connectivity index (χ4n) is 4.62. The van der Waals surface area contributed by atoms with Crippen LogP contribution in [-0.2, 0) is 0 Å². The summed E-state index contributed by atoms with van der Waals surface area (Å²) in [5, 5.41) is 8.24. The fraction of sp³-hybridized carbons (Fsp3) is 0.429. The van der Waals surface area contributed by atoms with Crippen molar-refractivity contribution < 1.29 is 4.74 Å². The number of methoxy groups -OCH3 is 1. The Morgan fingerprint density at radius 1 is 1.14 bits per heavy atom. The molecule has 1 spiro atoms. The smallest absolute Gasteiger partial charge is 0.244 e. The topological polar surface area (TPSA) is 81.6 Å². The molecule has 2 fully saturated rings. The highest BCUT2D eigenvalue weighted by atomic mass is 16.5. The van der Waals surface area contributed by atoms with E-state index < -0.39 is 0 Å². The minimum Gasteiger partial charge on any atom is -0.479 e. The van der Waals surface area contributed by atoms with E-state index >= 15 is 0 Å². The van der Waals surface area contributed by atoms with Gasteiger partial charge in [-0.2, -0.15) is 4.98 Å². The molecule has 4 aromatic rings. The molecule has 4 aromatic heterocycles. The van der Waals surface area contributed by atoms with Crippen molar-refractivity contribution in [3.8, 4) is 17.0 Å². The van der Waals surface area contributed by atoms with Gasteiger partial charge in [0.05, 0.1) is 7.11 Å². The number of ether oxygens (including phenoxy) is 1. The third-order valence-electron chi connectivity index (χ3n) is 6.57. The van der Waals surface area contributed by atoms with E-state index in [1.54, 1.807) is 13.3 Å². The van der Waals surface area contributed by atoms with Crippen molar-refractivity contribution in [1.82, 2.24) is 29.0 Å². The van der Waals surface area contributed by atoms with Gasteiger partial charge >= 0.3 is 0 Å². The summed E-state index contributed by atoms with van der Waals surface area (Å²) in [5.41, 5.74) is 3.45. The van der Waals surface area contributed by atoms with Gasteiger partial charge in [-0.15, -0.1) is 5.10 Å². The number of hydrogen-bond acceptors (Lipinski definition) is 6. The Morgan fingerprint density at radius 2 is 2.00 bits per heavy atom. The molecular weight excluding hydrogens is 366 g/mol. The Labute approximate surface area is 168 Å². The molecule has 148 valence electrons. The van der Waals surface area contributed by atoms with Crippen LogP contribution in [0.5, 0.6) is 5.88 Å². The monoisotopic (exact) mass is 389 g/mol. The standard InChI is InChI=1S/C21H23N7O/c1-29-18-17-16(14-12-23-20-22-9-11-27(20)13-14)4-10-28(17)26-19(25-18)24-15-2-5-21(6-3-15)7-8-21/h4,9-13,15H,2-3,5-8H2,1H3,(H,24,26). The Morgan fingerprint density at radius 3 is 2.79 bits per heavy atom. The average Bonchev–Trinajstić information content (AvgIpc) is 3.15. The third kappa shape index (κ3) is 2.82. The molecule has 8 heteroatoms. The van der Waals surface area contributed by atoms with Gasteiger partial charge in [-0.1, -0.05) is 0 Å². The molecule has 0 bridgehead atoms. The number of fused-ring (bicyclic) bond motifs is 2. The zero-order chi connectivity index (χ0) is 19.4. The van der Waals surface area contributed by atoms with E-state index in [1.807, 2.05) is 39.8 Å². The lowest BCUT2D eigenvalue weighted by molar-refractivity contribution is 0.316. The molecule has 0 aliphatic heterocycles. The highest BCUT2D eigenvalue weighted by Gasteiger charge is 2.44. The van der Waals surface area contributed by atoms with Gasteiger partial charge in [-0.25, -0.2) is 14.5 Å². The Bertz CT molecular complexity index is 1200. The van der Waals surface area contributed by atoms with Crippen molar-refractivity contribution in [1.29, 1.82) is 0 Å². The van der Waals surface area contributed by atoms with Crippen LogP contribution in [-0.4, -0.2) is 42.1 Å². The molecule has 0 unspecified atom stereocenters. The number of rotatable bonds is 4. The third-order valence-corrected chi connectivity index (χ3v) is 6.57. The number of aromatic nitrogens is 6. The number of imidazole rings is 1. The van der Waals surface area contributed by atoms with E-state index in [-0.39, 0.29) is 0 Å². The van der Waals surface area contributed by atoms with Gasteiger partial charge in [0.1, 0.15) is 5.52 Å². The molecule has 0 radical (unpaired) electrons. The van der Waals surface area contributed by atoms with Gasteiger partial charge in [0, 0.05) is 48.2 Å². The van der Waals surface area contributed by atoms with Gasteiger partial charge in [0.2, 0.25) is 17.6 Å². The van der Waals surface area contributed by atoms with Crippen molar-refractivity contribution in [3.63, 3.8) is 0 Å². The van der Waals surface area contributed by atoms with Crippen molar-refractivity contribution >= 4 is 17.2 Å². The second-order valence-corrected chi connectivity index (χ2v) is 8.36. The van der Waals surface area contributed by atoms with E-state index in [1.165, 1.54) is 38.5 Å². The Balaban J connectivity index is 1.34. The van der Waals surface area contributed by atoms with Gasteiger partial charge in [-0.05, 0) is 50.0 Å². The second kappa shape index (κ2) is 6.17. The van der Waals surface area contributed by atoms with Gasteiger partial charge in [0.25, 0.3) is 0 Å². The molecule has 2 saturated carbocycles. The van der Waals surface area contributed by atoms with E-state index in [2.05, 4.69) is 20.3 Å². The van der Waals surface area contributed by atoms with Crippen LogP contribution < -0.4 is 10.1 Å². The van der Waals surface area contributed by atoms with Crippen molar-refractivity contribution in [2.24, 2.45) is 5.41 Å². The van der Waals surface area contributed by atoms with E-state index in [9.17, 15) is 0 Å². The molecule has 0 amide bonds. The molecule has 29 heavy (non-hydrogen) atoms. The molecule has 2 aliphatic rings. The summed E-state index contributed by atoms with van der Waals surface area (Å²) in [7, 11) is 1.65. The van der Waals surface area contributed by atoms with Crippen LogP contribution in [0.4, 0.5) is 5.95 Å². The van der Waals surface area contributed by atoms with Crippen LogP contribution in [0.2, 0.25) is 0 Å². The molecule has 8 nitrogen and oxygen atoms in total. The number of nitrogens with zero attached hydrogens (tertiary/aromatic N) is 6. The summed E-state index contributed by atoms with van der Waals surface area (Å²) >= 11 is 0. The molecule has 6 rings (SSSR count). The zero-order valence-electron chi connectivity index (χ0n) is 16.4. The summed E-state index contributed by atoms with van der Waals surface area (Å²) in [6, 6.07) is 2.46. The van der Waals surface area contributed by atoms with Crippen LogP contribution in [0, 0.1) is 5.41 Å². The van der Waals surface area contributed by atoms with Crippen LogP contribution in [0.3, 0.4) is 0 Å². The first-order chi connectivity index (χ1) is 14.2. The van der Waals surface area contributed by atoms with Gasteiger partial charge < -0.3 is 10.1 Å². The summed E-state index contributed by atoms with van der Waals surface area (Å²) in [5.74, 6) is 1.85. The SMILES string of the molecule is COc1nc(NC2CCC3(CC2)CC3)nn2ccc(-c3cnc4nccn4c3)c12. The largest absolute Gasteiger partial charge is 0.479 e. The predicted molar refractivity (Wildman–Crippen MR) is 109 cm³/mol. The molecule has 1 N–H and O–H groups in total. The maximum Gasteiger partial charge on any atom is 0.244 e. The first-order valence-corrected chi connectivity index (χ1v) is 10.2. The molecule has 0 aromatic carbocycles. The average molecular weight is 389 g/mol.